The molecule has 2 aromatic rings. The normalized spacial score (nSPS) is 10.2. The van der Waals surface area contributed by atoms with Crippen LogP contribution < -0.4 is 4.74 Å². The van der Waals surface area contributed by atoms with Gasteiger partial charge in [-0.05, 0) is 48.7 Å². The molecule has 18 heavy (non-hydrogen) atoms. The van der Waals surface area contributed by atoms with Crippen molar-refractivity contribution in [3.05, 3.63) is 53.1 Å². The lowest BCUT2D eigenvalue weighted by atomic mass is 9.95. The van der Waals surface area contributed by atoms with Crippen molar-refractivity contribution in [2.24, 2.45) is 0 Å². The standard InChI is InChI=1S/C16H16O2/c1-11-4-5-12(2)16(8-11)15-7-6-14(18-3)9-13(15)10-17/h4-10H,1-3H3. The summed E-state index contributed by atoms with van der Waals surface area (Å²) in [6.45, 7) is 4.10. The largest absolute Gasteiger partial charge is 0.497 e. The van der Waals surface area contributed by atoms with Gasteiger partial charge in [-0.1, -0.05) is 23.8 Å². The second kappa shape index (κ2) is 5.05. The Morgan fingerprint density at radius 3 is 2.44 bits per heavy atom. The van der Waals surface area contributed by atoms with E-state index < -0.39 is 0 Å². The molecule has 0 amide bonds. The summed E-state index contributed by atoms with van der Waals surface area (Å²) < 4.78 is 5.14. The fraction of sp³-hybridized carbons (Fsp3) is 0.188. The zero-order valence-corrected chi connectivity index (χ0v) is 10.9. The van der Waals surface area contributed by atoms with Crippen molar-refractivity contribution in [1.82, 2.24) is 0 Å². The van der Waals surface area contributed by atoms with Crippen LogP contribution in [0, 0.1) is 13.8 Å². The molecule has 0 atom stereocenters. The number of carbonyl (C=O) groups is 1. The number of hydrogen-bond donors (Lipinski definition) is 0. The molecule has 0 spiro atoms. The monoisotopic (exact) mass is 240 g/mol. The van der Waals surface area contributed by atoms with Gasteiger partial charge in [0.15, 0.2) is 6.29 Å². The third kappa shape index (κ3) is 2.28. The zero-order valence-electron chi connectivity index (χ0n) is 10.9. The van der Waals surface area contributed by atoms with Crippen molar-refractivity contribution in [2.75, 3.05) is 7.11 Å². The molecular weight excluding hydrogens is 224 g/mol. The number of aldehydes is 1. The molecule has 0 unspecified atom stereocenters. The van der Waals surface area contributed by atoms with Gasteiger partial charge in [-0.25, -0.2) is 0 Å². The van der Waals surface area contributed by atoms with Gasteiger partial charge in [0.25, 0.3) is 0 Å². The molecule has 0 aliphatic heterocycles. The molecule has 0 aliphatic carbocycles. The molecule has 0 saturated heterocycles. The molecule has 0 heterocycles. The Morgan fingerprint density at radius 1 is 1.00 bits per heavy atom. The van der Waals surface area contributed by atoms with E-state index in [-0.39, 0.29) is 0 Å². The Morgan fingerprint density at radius 2 is 1.78 bits per heavy atom. The molecule has 0 fully saturated rings. The number of ether oxygens (including phenoxy) is 1. The fourth-order valence-electron chi connectivity index (χ4n) is 2.04. The Balaban J connectivity index is 2.63. The molecule has 2 heteroatoms. The Labute approximate surface area is 107 Å². The van der Waals surface area contributed by atoms with Crippen LogP contribution in [0.1, 0.15) is 21.5 Å². The van der Waals surface area contributed by atoms with Gasteiger partial charge >= 0.3 is 0 Å². The van der Waals surface area contributed by atoms with Crippen LogP contribution in [-0.4, -0.2) is 13.4 Å². The minimum atomic E-state index is 0.656. The van der Waals surface area contributed by atoms with Crippen LogP contribution in [0.5, 0.6) is 5.75 Å². The third-order valence-electron chi connectivity index (χ3n) is 3.07. The van der Waals surface area contributed by atoms with Crippen molar-refractivity contribution in [2.45, 2.75) is 13.8 Å². The Hall–Kier alpha value is -2.09. The van der Waals surface area contributed by atoms with E-state index >= 15 is 0 Å². The van der Waals surface area contributed by atoms with Gasteiger partial charge in [-0.3, -0.25) is 4.79 Å². The van der Waals surface area contributed by atoms with E-state index in [4.69, 9.17) is 4.74 Å². The minimum absolute atomic E-state index is 0.656. The SMILES string of the molecule is COc1ccc(-c2cc(C)ccc2C)c(C=O)c1. The minimum Gasteiger partial charge on any atom is -0.497 e. The first-order valence-electron chi connectivity index (χ1n) is 5.86. The molecule has 2 nitrogen and oxygen atoms in total. The number of methoxy groups -OCH3 is 1. The number of benzene rings is 2. The van der Waals surface area contributed by atoms with Crippen LogP contribution in [-0.2, 0) is 0 Å². The summed E-state index contributed by atoms with van der Waals surface area (Å²) in [4.78, 5) is 11.2. The van der Waals surface area contributed by atoms with Gasteiger partial charge in [0.1, 0.15) is 5.75 Å². The maximum Gasteiger partial charge on any atom is 0.150 e. The highest BCUT2D eigenvalue weighted by Gasteiger charge is 2.08. The molecule has 0 aromatic heterocycles. The number of hydrogen-bond acceptors (Lipinski definition) is 2. The molecule has 2 aromatic carbocycles. The zero-order chi connectivity index (χ0) is 13.1. The maximum atomic E-state index is 11.2. The van der Waals surface area contributed by atoms with Crippen LogP contribution in [0.2, 0.25) is 0 Å². The van der Waals surface area contributed by atoms with Gasteiger partial charge in [-0.15, -0.1) is 0 Å². The van der Waals surface area contributed by atoms with Gasteiger partial charge in [0.05, 0.1) is 7.11 Å². The van der Waals surface area contributed by atoms with E-state index in [1.165, 1.54) is 5.56 Å². The quantitative estimate of drug-likeness (QED) is 0.763. The summed E-state index contributed by atoms with van der Waals surface area (Å²) in [5, 5.41) is 0. The third-order valence-corrected chi connectivity index (χ3v) is 3.07. The second-order valence-electron chi connectivity index (χ2n) is 4.39. The first kappa shape index (κ1) is 12.4. The molecular formula is C16H16O2. The molecule has 0 bridgehead atoms. The summed E-state index contributed by atoms with van der Waals surface area (Å²) in [7, 11) is 1.60. The fourth-order valence-corrected chi connectivity index (χ4v) is 2.04. The van der Waals surface area contributed by atoms with E-state index in [1.54, 1.807) is 13.2 Å². The number of rotatable bonds is 3. The molecule has 2 rings (SSSR count). The molecule has 0 saturated carbocycles. The average molecular weight is 240 g/mol. The number of aryl methyl sites for hydroxylation is 2. The smallest absolute Gasteiger partial charge is 0.150 e. The van der Waals surface area contributed by atoms with Crippen molar-refractivity contribution in [3.63, 3.8) is 0 Å². The van der Waals surface area contributed by atoms with Crippen LogP contribution in [0.25, 0.3) is 11.1 Å². The van der Waals surface area contributed by atoms with E-state index in [0.29, 0.717) is 11.3 Å². The first-order chi connectivity index (χ1) is 8.65. The number of carbonyl (C=O) groups excluding carboxylic acids is 1. The first-order valence-corrected chi connectivity index (χ1v) is 5.86. The topological polar surface area (TPSA) is 26.3 Å². The highest BCUT2D eigenvalue weighted by Crippen LogP contribution is 2.29. The van der Waals surface area contributed by atoms with Gasteiger partial charge in [0.2, 0.25) is 0 Å². The second-order valence-corrected chi connectivity index (χ2v) is 4.39. The summed E-state index contributed by atoms with van der Waals surface area (Å²) in [6, 6.07) is 11.8. The average Bonchev–Trinajstić information content (AvgIpc) is 2.41. The lowest BCUT2D eigenvalue weighted by molar-refractivity contribution is 0.112. The summed E-state index contributed by atoms with van der Waals surface area (Å²) >= 11 is 0. The van der Waals surface area contributed by atoms with E-state index in [1.807, 2.05) is 26.0 Å². The molecule has 0 aliphatic rings. The van der Waals surface area contributed by atoms with Crippen LogP contribution >= 0.6 is 0 Å². The molecule has 92 valence electrons. The predicted molar refractivity (Wildman–Crippen MR) is 73.3 cm³/mol. The Kier molecular flexibility index (Phi) is 3.47. The van der Waals surface area contributed by atoms with Crippen molar-refractivity contribution in [3.8, 4) is 16.9 Å². The maximum absolute atomic E-state index is 11.2. The Bertz CT molecular complexity index is 586. The van der Waals surface area contributed by atoms with E-state index in [9.17, 15) is 4.79 Å². The molecule has 0 N–H and O–H groups in total. The van der Waals surface area contributed by atoms with Crippen molar-refractivity contribution in [1.29, 1.82) is 0 Å². The summed E-state index contributed by atoms with van der Waals surface area (Å²) in [5.74, 6) is 0.700. The van der Waals surface area contributed by atoms with E-state index in [2.05, 4.69) is 18.2 Å². The van der Waals surface area contributed by atoms with Gasteiger partial charge < -0.3 is 4.74 Å². The van der Waals surface area contributed by atoms with Crippen LogP contribution in [0.3, 0.4) is 0 Å². The van der Waals surface area contributed by atoms with Gasteiger partial charge in [0, 0.05) is 5.56 Å². The van der Waals surface area contributed by atoms with Crippen molar-refractivity contribution < 1.29 is 9.53 Å². The highest BCUT2D eigenvalue weighted by atomic mass is 16.5. The summed E-state index contributed by atoms with van der Waals surface area (Å²) in [5.41, 5.74) is 5.05. The molecule has 0 radical (unpaired) electrons. The van der Waals surface area contributed by atoms with E-state index in [0.717, 1.165) is 23.0 Å². The van der Waals surface area contributed by atoms with Crippen LogP contribution in [0.15, 0.2) is 36.4 Å². The van der Waals surface area contributed by atoms with Gasteiger partial charge in [-0.2, -0.15) is 0 Å². The summed E-state index contributed by atoms with van der Waals surface area (Å²) in [6.07, 6.45) is 0.875. The lowest BCUT2D eigenvalue weighted by Gasteiger charge is -2.11. The lowest BCUT2D eigenvalue weighted by Crippen LogP contribution is -1.93. The highest BCUT2D eigenvalue weighted by molar-refractivity contribution is 5.89. The van der Waals surface area contributed by atoms with Crippen LogP contribution in [0.4, 0.5) is 0 Å². The van der Waals surface area contributed by atoms with Crippen molar-refractivity contribution >= 4 is 6.29 Å². The predicted octanol–water partition coefficient (Wildman–Crippen LogP) is 3.79.